The third kappa shape index (κ3) is 5.77. The minimum Gasteiger partial charge on any atom is -0.497 e. The van der Waals surface area contributed by atoms with Crippen LogP contribution in [0.25, 0.3) is 0 Å². The molecule has 1 aromatic carbocycles. The quantitative estimate of drug-likeness (QED) is 0.630. The Morgan fingerprint density at radius 1 is 1.14 bits per heavy atom. The smallest absolute Gasteiger partial charge is 0.270 e. The number of hydrogen-bond donors (Lipinski definition) is 2. The van der Waals surface area contributed by atoms with Crippen LogP contribution < -0.4 is 15.4 Å². The monoisotopic (exact) mass is 402 g/mol. The van der Waals surface area contributed by atoms with Gasteiger partial charge in [-0.25, -0.2) is 4.98 Å². The van der Waals surface area contributed by atoms with E-state index in [9.17, 15) is 9.59 Å². The van der Waals surface area contributed by atoms with Crippen molar-refractivity contribution in [1.29, 1.82) is 0 Å². The fourth-order valence-corrected chi connectivity index (χ4v) is 3.79. The van der Waals surface area contributed by atoms with E-state index < -0.39 is 0 Å². The van der Waals surface area contributed by atoms with Gasteiger partial charge in [-0.2, -0.15) is 0 Å². The molecule has 1 saturated heterocycles. The maximum Gasteiger partial charge on any atom is 0.270 e. The fraction of sp³-hybridized carbons (Fsp3) is 0.450. The normalized spacial score (nSPS) is 14.0. The molecular formula is C20H26N4O3S. The van der Waals surface area contributed by atoms with Gasteiger partial charge in [-0.15, -0.1) is 11.3 Å². The van der Waals surface area contributed by atoms with Gasteiger partial charge in [0, 0.05) is 17.5 Å². The Bertz CT molecular complexity index is 785. The number of ether oxygens (including phenoxy) is 1. The van der Waals surface area contributed by atoms with Crippen LogP contribution in [0.15, 0.2) is 29.6 Å². The second-order valence-electron chi connectivity index (χ2n) is 6.73. The summed E-state index contributed by atoms with van der Waals surface area (Å²) in [7, 11) is 1.57. The van der Waals surface area contributed by atoms with E-state index >= 15 is 0 Å². The summed E-state index contributed by atoms with van der Waals surface area (Å²) in [5.41, 5.74) is 0.828. The Kier molecular flexibility index (Phi) is 7.39. The molecule has 0 aliphatic carbocycles. The van der Waals surface area contributed by atoms with Crippen LogP contribution >= 0.6 is 11.3 Å². The lowest BCUT2D eigenvalue weighted by Gasteiger charge is -2.13. The first-order chi connectivity index (χ1) is 13.7. The highest BCUT2D eigenvalue weighted by atomic mass is 32.1. The van der Waals surface area contributed by atoms with Crippen LogP contribution in [-0.2, 0) is 0 Å². The zero-order valence-electron chi connectivity index (χ0n) is 16.1. The third-order valence-corrected chi connectivity index (χ3v) is 5.45. The number of methoxy groups -OCH3 is 1. The number of carbonyl (C=O) groups is 2. The Morgan fingerprint density at radius 2 is 1.89 bits per heavy atom. The van der Waals surface area contributed by atoms with Crippen molar-refractivity contribution in [3.05, 3.63) is 40.9 Å². The van der Waals surface area contributed by atoms with Crippen molar-refractivity contribution >= 4 is 28.3 Å². The summed E-state index contributed by atoms with van der Waals surface area (Å²) in [6, 6.07) is 6.80. The lowest BCUT2D eigenvalue weighted by Crippen LogP contribution is -2.26. The van der Waals surface area contributed by atoms with Gasteiger partial charge in [0.1, 0.15) is 11.4 Å². The van der Waals surface area contributed by atoms with Crippen LogP contribution in [-0.4, -0.2) is 55.0 Å². The maximum atomic E-state index is 12.3. The first-order valence-corrected chi connectivity index (χ1v) is 10.4. The predicted octanol–water partition coefficient (Wildman–Crippen LogP) is 3.01. The van der Waals surface area contributed by atoms with Gasteiger partial charge < -0.3 is 15.0 Å². The molecule has 1 aliphatic rings. The van der Waals surface area contributed by atoms with Gasteiger partial charge in [0.05, 0.1) is 7.11 Å². The predicted molar refractivity (Wildman–Crippen MR) is 110 cm³/mol. The highest BCUT2D eigenvalue weighted by Crippen LogP contribution is 2.18. The Morgan fingerprint density at radius 3 is 2.61 bits per heavy atom. The number of thiazole rings is 1. The molecule has 1 aliphatic heterocycles. The van der Waals surface area contributed by atoms with E-state index in [0.29, 0.717) is 28.7 Å². The second-order valence-corrected chi connectivity index (χ2v) is 7.59. The molecule has 28 heavy (non-hydrogen) atoms. The SMILES string of the molecule is COc1ccc(C(=O)Nc2nc(C(=O)NCCCCN3CCCC3)cs2)cc1. The molecule has 0 spiro atoms. The summed E-state index contributed by atoms with van der Waals surface area (Å²) in [6.45, 7) is 4.15. The summed E-state index contributed by atoms with van der Waals surface area (Å²) >= 11 is 1.23. The molecule has 0 bridgehead atoms. The molecule has 1 fully saturated rings. The summed E-state index contributed by atoms with van der Waals surface area (Å²) in [4.78, 5) is 31.1. The van der Waals surface area contributed by atoms with Gasteiger partial charge in [0.2, 0.25) is 0 Å². The summed E-state index contributed by atoms with van der Waals surface area (Å²) in [5.74, 6) is 0.207. The standard InChI is InChI=1S/C20H26N4O3S/c1-27-16-8-6-15(7-9-16)18(25)23-20-22-17(14-28-20)19(26)21-10-2-3-11-24-12-4-5-13-24/h6-9,14H,2-5,10-13H2,1H3,(H,21,26)(H,22,23,25). The van der Waals surface area contributed by atoms with Crippen LogP contribution in [0.3, 0.4) is 0 Å². The number of amides is 2. The number of nitrogens with zero attached hydrogens (tertiary/aromatic N) is 2. The number of unbranched alkanes of at least 4 members (excludes halogenated alkanes) is 1. The zero-order chi connectivity index (χ0) is 19.8. The number of carbonyl (C=O) groups excluding carboxylic acids is 2. The average molecular weight is 403 g/mol. The molecule has 0 atom stereocenters. The molecule has 7 nitrogen and oxygen atoms in total. The van der Waals surface area contributed by atoms with Crippen molar-refractivity contribution < 1.29 is 14.3 Å². The van der Waals surface area contributed by atoms with Crippen molar-refractivity contribution in [2.24, 2.45) is 0 Å². The molecular weight excluding hydrogens is 376 g/mol. The summed E-state index contributed by atoms with van der Waals surface area (Å²) in [5, 5.41) is 7.67. The van der Waals surface area contributed by atoms with E-state index in [0.717, 1.165) is 19.4 Å². The number of anilines is 1. The third-order valence-electron chi connectivity index (χ3n) is 4.69. The van der Waals surface area contributed by atoms with Crippen molar-refractivity contribution in [2.75, 3.05) is 38.6 Å². The van der Waals surface area contributed by atoms with Crippen molar-refractivity contribution in [3.63, 3.8) is 0 Å². The minimum atomic E-state index is -0.272. The highest BCUT2D eigenvalue weighted by Gasteiger charge is 2.14. The first kappa shape index (κ1) is 20.3. The first-order valence-electron chi connectivity index (χ1n) is 9.57. The van der Waals surface area contributed by atoms with E-state index in [1.807, 2.05) is 0 Å². The van der Waals surface area contributed by atoms with Crippen LogP contribution in [0.2, 0.25) is 0 Å². The van der Waals surface area contributed by atoms with Crippen LogP contribution in [0.5, 0.6) is 5.75 Å². The molecule has 2 amide bonds. The molecule has 2 heterocycles. The van der Waals surface area contributed by atoms with E-state index in [1.165, 1.54) is 37.3 Å². The van der Waals surface area contributed by atoms with Crippen LogP contribution in [0.1, 0.15) is 46.5 Å². The van der Waals surface area contributed by atoms with Gasteiger partial charge in [-0.05, 0) is 69.6 Å². The molecule has 3 rings (SSSR count). The summed E-state index contributed by atoms with van der Waals surface area (Å²) in [6.07, 6.45) is 4.64. The number of aromatic nitrogens is 1. The minimum absolute atomic E-state index is 0.206. The molecule has 8 heteroatoms. The van der Waals surface area contributed by atoms with Gasteiger partial charge >= 0.3 is 0 Å². The van der Waals surface area contributed by atoms with Crippen molar-refractivity contribution in [2.45, 2.75) is 25.7 Å². The molecule has 150 valence electrons. The van der Waals surface area contributed by atoms with Gasteiger partial charge in [-0.1, -0.05) is 0 Å². The molecule has 2 N–H and O–H groups in total. The van der Waals surface area contributed by atoms with Gasteiger partial charge in [0.15, 0.2) is 5.13 Å². The van der Waals surface area contributed by atoms with E-state index in [4.69, 9.17) is 4.74 Å². The largest absolute Gasteiger partial charge is 0.497 e. The van der Waals surface area contributed by atoms with Gasteiger partial charge in [-0.3, -0.25) is 14.9 Å². The van der Waals surface area contributed by atoms with Crippen molar-refractivity contribution in [3.8, 4) is 5.75 Å². The number of benzene rings is 1. The van der Waals surface area contributed by atoms with E-state index in [1.54, 1.807) is 36.8 Å². The molecule has 0 radical (unpaired) electrons. The lowest BCUT2D eigenvalue weighted by atomic mass is 10.2. The Labute approximate surface area is 169 Å². The van der Waals surface area contributed by atoms with E-state index in [-0.39, 0.29) is 11.8 Å². The molecule has 1 aromatic heterocycles. The van der Waals surface area contributed by atoms with Crippen molar-refractivity contribution in [1.82, 2.24) is 15.2 Å². The maximum absolute atomic E-state index is 12.3. The van der Waals surface area contributed by atoms with E-state index in [2.05, 4.69) is 20.5 Å². The fourth-order valence-electron chi connectivity index (χ4n) is 3.11. The average Bonchev–Trinajstić information content (AvgIpc) is 3.40. The second kappa shape index (κ2) is 10.2. The number of rotatable bonds is 9. The molecule has 0 saturated carbocycles. The Balaban J connectivity index is 1.40. The highest BCUT2D eigenvalue weighted by molar-refractivity contribution is 7.14. The Hall–Kier alpha value is -2.45. The number of hydrogen-bond acceptors (Lipinski definition) is 6. The lowest BCUT2D eigenvalue weighted by molar-refractivity contribution is 0.0947. The number of likely N-dealkylation sites (tertiary alicyclic amines) is 1. The van der Waals surface area contributed by atoms with Gasteiger partial charge in [0.25, 0.3) is 11.8 Å². The number of nitrogens with one attached hydrogen (secondary N) is 2. The summed E-state index contributed by atoms with van der Waals surface area (Å²) < 4.78 is 5.08. The topological polar surface area (TPSA) is 83.6 Å². The zero-order valence-corrected chi connectivity index (χ0v) is 16.9. The van der Waals surface area contributed by atoms with Crippen LogP contribution in [0, 0.1) is 0 Å². The van der Waals surface area contributed by atoms with Crippen LogP contribution in [0.4, 0.5) is 5.13 Å². The molecule has 0 unspecified atom stereocenters. The molecule has 2 aromatic rings.